The Morgan fingerprint density at radius 3 is 3.00 bits per heavy atom. The van der Waals surface area contributed by atoms with Crippen molar-refractivity contribution in [3.8, 4) is 12.3 Å². The maximum absolute atomic E-state index is 4.91. The Labute approximate surface area is 58.2 Å². The molecule has 0 atom stereocenters. The first-order valence-corrected chi connectivity index (χ1v) is 4.50. The van der Waals surface area contributed by atoms with Crippen LogP contribution in [0.3, 0.4) is 0 Å². The molecular formula is C5H8OS2. The number of hydrogen-bond donors (Lipinski definition) is 0. The molecular weight excluding hydrogens is 140 g/mol. The zero-order chi connectivity index (χ0) is 6.24. The van der Waals surface area contributed by atoms with Crippen LogP contribution in [0.1, 0.15) is 6.92 Å². The molecule has 3 heteroatoms. The van der Waals surface area contributed by atoms with E-state index in [1.165, 1.54) is 11.1 Å². The van der Waals surface area contributed by atoms with E-state index in [-0.39, 0.29) is 0 Å². The minimum Gasteiger partial charge on any atom is -0.292 e. The standard InChI is InChI=1S/C5H8OS2/c1-3-5-6-8-7-4-2/h1H,4-5H2,2H3. The van der Waals surface area contributed by atoms with E-state index < -0.39 is 0 Å². The fourth-order valence-corrected chi connectivity index (χ4v) is 1.06. The van der Waals surface area contributed by atoms with Gasteiger partial charge in [0.15, 0.2) is 0 Å². The van der Waals surface area contributed by atoms with Gasteiger partial charge in [-0.15, -0.1) is 6.42 Å². The molecule has 0 aromatic heterocycles. The first kappa shape index (κ1) is 8.22. The molecule has 0 fully saturated rings. The smallest absolute Gasteiger partial charge is 0.123 e. The highest BCUT2D eigenvalue weighted by atomic mass is 33.1. The third kappa shape index (κ3) is 6.22. The van der Waals surface area contributed by atoms with Crippen LogP contribution in [0.25, 0.3) is 0 Å². The van der Waals surface area contributed by atoms with Crippen LogP contribution in [-0.2, 0) is 4.18 Å². The van der Waals surface area contributed by atoms with E-state index in [1.807, 2.05) is 0 Å². The predicted octanol–water partition coefficient (Wildman–Crippen LogP) is 1.95. The summed E-state index contributed by atoms with van der Waals surface area (Å²) >= 11 is 1.35. The van der Waals surface area contributed by atoms with Crippen LogP contribution in [0.5, 0.6) is 0 Å². The Balaban J connectivity index is 2.65. The minimum atomic E-state index is 0.400. The van der Waals surface area contributed by atoms with Gasteiger partial charge in [-0.1, -0.05) is 23.6 Å². The molecule has 0 N–H and O–H groups in total. The summed E-state index contributed by atoms with van der Waals surface area (Å²) in [5.74, 6) is 3.42. The highest BCUT2D eigenvalue weighted by Gasteiger charge is 1.82. The van der Waals surface area contributed by atoms with Crippen LogP contribution in [0.15, 0.2) is 0 Å². The topological polar surface area (TPSA) is 9.23 Å². The summed E-state index contributed by atoms with van der Waals surface area (Å²) in [7, 11) is 1.65. The van der Waals surface area contributed by atoms with Gasteiger partial charge in [0.1, 0.15) is 6.61 Å². The van der Waals surface area contributed by atoms with Gasteiger partial charge in [0.05, 0.1) is 11.1 Å². The third-order valence-electron chi connectivity index (χ3n) is 0.356. The molecule has 0 rings (SSSR count). The van der Waals surface area contributed by atoms with E-state index >= 15 is 0 Å². The normalized spacial score (nSPS) is 8.50. The summed E-state index contributed by atoms with van der Waals surface area (Å²) < 4.78 is 4.87. The van der Waals surface area contributed by atoms with Gasteiger partial charge in [0.25, 0.3) is 0 Å². The Morgan fingerprint density at radius 2 is 2.50 bits per heavy atom. The molecule has 0 radical (unpaired) electrons. The molecule has 0 saturated carbocycles. The second kappa shape index (κ2) is 7.22. The van der Waals surface area contributed by atoms with Crippen LogP contribution in [0, 0.1) is 12.3 Å². The van der Waals surface area contributed by atoms with Gasteiger partial charge in [-0.2, -0.15) is 0 Å². The van der Waals surface area contributed by atoms with Gasteiger partial charge in [-0.05, 0) is 0 Å². The molecule has 0 aromatic rings. The second-order valence-electron chi connectivity index (χ2n) is 0.941. The van der Waals surface area contributed by atoms with Gasteiger partial charge in [0.2, 0.25) is 0 Å². The first-order chi connectivity index (χ1) is 3.91. The van der Waals surface area contributed by atoms with E-state index in [2.05, 4.69) is 12.8 Å². The summed E-state index contributed by atoms with van der Waals surface area (Å²) in [5, 5.41) is 0. The van der Waals surface area contributed by atoms with Crippen LogP contribution in [0.4, 0.5) is 0 Å². The van der Waals surface area contributed by atoms with Gasteiger partial charge < -0.3 is 0 Å². The molecule has 0 unspecified atom stereocenters. The molecule has 0 amide bonds. The molecule has 0 spiro atoms. The maximum atomic E-state index is 4.91. The third-order valence-corrected chi connectivity index (χ3v) is 2.19. The predicted molar refractivity (Wildman–Crippen MR) is 40.5 cm³/mol. The molecule has 0 bridgehead atoms. The number of rotatable bonds is 4. The summed E-state index contributed by atoms with van der Waals surface area (Å²) in [6.07, 6.45) is 4.91. The fraction of sp³-hybridized carbons (Fsp3) is 0.600. The van der Waals surface area contributed by atoms with E-state index in [1.54, 1.807) is 10.8 Å². The highest BCUT2D eigenvalue weighted by molar-refractivity contribution is 8.74. The van der Waals surface area contributed by atoms with Crippen molar-refractivity contribution in [2.75, 3.05) is 12.4 Å². The summed E-state index contributed by atoms with van der Waals surface area (Å²) in [4.78, 5) is 0. The van der Waals surface area contributed by atoms with Crippen LogP contribution < -0.4 is 0 Å². The largest absolute Gasteiger partial charge is 0.292 e. The van der Waals surface area contributed by atoms with Crippen molar-refractivity contribution in [3.05, 3.63) is 0 Å². The van der Waals surface area contributed by atoms with E-state index in [0.29, 0.717) is 6.61 Å². The molecule has 0 aromatic carbocycles. The Morgan fingerprint density at radius 1 is 1.75 bits per heavy atom. The van der Waals surface area contributed by atoms with Crippen LogP contribution in [-0.4, -0.2) is 12.4 Å². The van der Waals surface area contributed by atoms with Gasteiger partial charge >= 0.3 is 0 Å². The molecule has 46 valence electrons. The lowest BCUT2D eigenvalue weighted by atomic mass is 10.8. The van der Waals surface area contributed by atoms with Crippen molar-refractivity contribution in [3.63, 3.8) is 0 Å². The van der Waals surface area contributed by atoms with E-state index in [0.717, 1.165) is 5.75 Å². The monoisotopic (exact) mass is 148 g/mol. The van der Waals surface area contributed by atoms with Crippen molar-refractivity contribution in [2.24, 2.45) is 0 Å². The number of hydrogen-bond acceptors (Lipinski definition) is 3. The molecule has 0 aliphatic rings. The molecule has 1 nitrogen and oxygen atoms in total. The Bertz CT molecular complexity index is 77.0. The lowest BCUT2D eigenvalue weighted by Gasteiger charge is -1.91. The van der Waals surface area contributed by atoms with Crippen molar-refractivity contribution < 1.29 is 4.18 Å². The Hall–Kier alpha value is 0.220. The molecule has 0 saturated heterocycles. The molecule has 0 heterocycles. The van der Waals surface area contributed by atoms with Gasteiger partial charge in [0, 0.05) is 5.75 Å². The van der Waals surface area contributed by atoms with Gasteiger partial charge in [-0.3, -0.25) is 4.18 Å². The average molecular weight is 148 g/mol. The fourth-order valence-electron chi connectivity index (χ4n) is 0.140. The SMILES string of the molecule is C#CCOSSCC. The van der Waals surface area contributed by atoms with E-state index in [9.17, 15) is 0 Å². The summed E-state index contributed by atoms with van der Waals surface area (Å²) in [6.45, 7) is 2.47. The highest BCUT2D eigenvalue weighted by Crippen LogP contribution is 2.20. The summed E-state index contributed by atoms with van der Waals surface area (Å²) in [5.41, 5.74) is 0. The Kier molecular flexibility index (Phi) is 7.42. The quantitative estimate of drug-likeness (QED) is 0.261. The van der Waals surface area contributed by atoms with Crippen molar-refractivity contribution in [2.45, 2.75) is 6.92 Å². The lowest BCUT2D eigenvalue weighted by Crippen LogP contribution is -1.75. The lowest BCUT2D eigenvalue weighted by molar-refractivity contribution is 0.445. The molecule has 8 heavy (non-hydrogen) atoms. The minimum absolute atomic E-state index is 0.400. The van der Waals surface area contributed by atoms with Crippen LogP contribution in [0.2, 0.25) is 0 Å². The van der Waals surface area contributed by atoms with Crippen LogP contribution >= 0.6 is 21.9 Å². The molecule has 0 aliphatic carbocycles. The second-order valence-corrected chi connectivity index (χ2v) is 3.24. The first-order valence-electron chi connectivity index (χ1n) is 2.26. The number of terminal acetylenes is 1. The van der Waals surface area contributed by atoms with Gasteiger partial charge in [-0.25, -0.2) is 0 Å². The molecule has 0 aliphatic heterocycles. The zero-order valence-corrected chi connectivity index (χ0v) is 6.35. The summed E-state index contributed by atoms with van der Waals surface area (Å²) in [6, 6.07) is 0. The van der Waals surface area contributed by atoms with Crippen molar-refractivity contribution >= 4 is 21.9 Å². The average Bonchev–Trinajstić information content (AvgIpc) is 1.81. The maximum Gasteiger partial charge on any atom is 0.123 e. The zero-order valence-electron chi connectivity index (χ0n) is 4.72. The van der Waals surface area contributed by atoms with Crippen molar-refractivity contribution in [1.29, 1.82) is 0 Å². The van der Waals surface area contributed by atoms with E-state index in [4.69, 9.17) is 10.6 Å². The van der Waals surface area contributed by atoms with Crippen molar-refractivity contribution in [1.82, 2.24) is 0 Å².